The predicted molar refractivity (Wildman–Crippen MR) is 149 cm³/mol. The Morgan fingerprint density at radius 3 is 2.50 bits per heavy atom. The molecule has 0 saturated carbocycles. The number of hydrogen-bond donors (Lipinski definition) is 2. The van der Waals surface area contributed by atoms with Gasteiger partial charge in [0.2, 0.25) is 0 Å². The maximum atomic E-state index is 9.90. The molecular formula is C32H44N2O2. The number of aryl methyl sites for hydroxylation is 1. The van der Waals surface area contributed by atoms with Crippen LogP contribution in [0.25, 0.3) is 0 Å². The van der Waals surface area contributed by atoms with Crippen LogP contribution in [0.4, 0.5) is 0 Å². The number of phenolic OH excluding ortho intramolecular Hbond substituents is 1. The van der Waals surface area contributed by atoms with Gasteiger partial charge in [-0.1, -0.05) is 43.3 Å². The quantitative estimate of drug-likeness (QED) is 0.452. The largest absolute Gasteiger partial charge is 0.508 e. The van der Waals surface area contributed by atoms with Gasteiger partial charge in [0.05, 0.1) is 7.11 Å². The zero-order valence-corrected chi connectivity index (χ0v) is 22.8. The molecule has 0 heterocycles. The Morgan fingerprint density at radius 2 is 1.81 bits per heavy atom. The zero-order valence-electron chi connectivity index (χ0n) is 22.8. The van der Waals surface area contributed by atoms with E-state index in [4.69, 9.17) is 4.74 Å². The molecule has 0 bridgehead atoms. The molecule has 2 unspecified atom stereocenters. The van der Waals surface area contributed by atoms with Crippen molar-refractivity contribution in [2.75, 3.05) is 20.2 Å². The highest BCUT2D eigenvalue weighted by Gasteiger charge is 2.34. The monoisotopic (exact) mass is 488 g/mol. The molecular weight excluding hydrogens is 444 g/mol. The number of nitrogens with zero attached hydrogens (tertiary/aromatic N) is 1. The Labute approximate surface area is 218 Å². The van der Waals surface area contributed by atoms with Gasteiger partial charge in [-0.2, -0.15) is 0 Å². The lowest BCUT2D eigenvalue weighted by atomic mass is 9.72. The van der Waals surface area contributed by atoms with Gasteiger partial charge in [0.25, 0.3) is 0 Å². The van der Waals surface area contributed by atoms with Crippen LogP contribution in [-0.2, 0) is 30.5 Å². The number of rotatable bonds is 9. The number of fused-ring (bicyclic) bond motifs is 1. The fourth-order valence-electron chi connectivity index (χ4n) is 5.73. The molecule has 4 heteroatoms. The van der Waals surface area contributed by atoms with Crippen molar-refractivity contribution in [1.82, 2.24) is 10.2 Å². The van der Waals surface area contributed by atoms with Gasteiger partial charge in [0.1, 0.15) is 11.5 Å². The first-order valence-electron chi connectivity index (χ1n) is 13.6. The molecule has 4 rings (SSSR count). The molecule has 0 aliphatic heterocycles. The summed E-state index contributed by atoms with van der Waals surface area (Å²) in [5.74, 6) is 2.35. The number of aromatic hydroxyl groups is 1. The summed E-state index contributed by atoms with van der Waals surface area (Å²) in [4.78, 5) is 2.59. The number of methoxy groups -OCH3 is 1. The molecule has 0 spiro atoms. The van der Waals surface area contributed by atoms with E-state index in [1.54, 1.807) is 7.11 Å². The fraction of sp³-hybridized carbons (Fsp3) is 0.500. The van der Waals surface area contributed by atoms with Crippen LogP contribution in [0.15, 0.2) is 66.5 Å². The van der Waals surface area contributed by atoms with Gasteiger partial charge < -0.3 is 15.2 Å². The fourth-order valence-corrected chi connectivity index (χ4v) is 5.73. The van der Waals surface area contributed by atoms with Crippen LogP contribution < -0.4 is 5.32 Å². The standard InChI is InChI=1S/C32H44N2O2/c1-6-34(22-24-9-7-23(8-10-24)17-18-33-32(2,3)4)31-21-29(36-5)15-16-30(31)27-12-11-26-20-28(35)14-13-25(26)19-27/h7-10,13-16,20-21,27,30-31,33,35H,6,11-12,17-19,22H2,1-5H3/t27-,30?,31?/m1/s1. The number of hydrogen-bond acceptors (Lipinski definition) is 4. The first-order valence-corrected chi connectivity index (χ1v) is 13.6. The van der Waals surface area contributed by atoms with Gasteiger partial charge >= 0.3 is 0 Å². The lowest BCUT2D eigenvalue weighted by Crippen LogP contribution is -2.43. The summed E-state index contributed by atoms with van der Waals surface area (Å²) in [6.45, 7) is 11.8. The van der Waals surface area contributed by atoms with Crippen molar-refractivity contribution in [3.8, 4) is 5.75 Å². The van der Waals surface area contributed by atoms with Gasteiger partial charge in [-0.25, -0.2) is 0 Å². The average Bonchev–Trinajstić information content (AvgIpc) is 2.86. The van der Waals surface area contributed by atoms with Crippen molar-refractivity contribution in [2.24, 2.45) is 11.8 Å². The molecule has 3 atom stereocenters. The number of benzene rings is 2. The smallest absolute Gasteiger partial charge is 0.116 e. The Bertz CT molecular complexity index is 1060. The van der Waals surface area contributed by atoms with Crippen LogP contribution in [-0.4, -0.2) is 41.8 Å². The number of likely N-dealkylation sites (N-methyl/N-ethyl adjacent to an activating group) is 1. The second-order valence-electron chi connectivity index (χ2n) is 11.5. The topological polar surface area (TPSA) is 44.7 Å². The van der Waals surface area contributed by atoms with E-state index >= 15 is 0 Å². The van der Waals surface area contributed by atoms with E-state index in [2.05, 4.69) is 86.5 Å². The summed E-state index contributed by atoms with van der Waals surface area (Å²) in [6, 6.07) is 15.4. The lowest BCUT2D eigenvalue weighted by Gasteiger charge is -2.41. The minimum absolute atomic E-state index is 0.156. The summed E-state index contributed by atoms with van der Waals surface area (Å²) in [6.07, 6.45) is 11.1. The van der Waals surface area contributed by atoms with Crippen molar-refractivity contribution in [2.45, 2.75) is 71.5 Å². The molecule has 2 aromatic carbocycles. The van der Waals surface area contributed by atoms with Crippen molar-refractivity contribution >= 4 is 0 Å². The van der Waals surface area contributed by atoms with E-state index in [1.807, 2.05) is 12.1 Å². The molecule has 0 saturated heterocycles. The third kappa shape index (κ3) is 6.80. The second kappa shape index (κ2) is 11.7. The van der Waals surface area contributed by atoms with E-state index in [1.165, 1.54) is 22.3 Å². The molecule has 2 aliphatic carbocycles. The lowest BCUT2D eigenvalue weighted by molar-refractivity contribution is 0.147. The molecule has 0 radical (unpaired) electrons. The Hall–Kier alpha value is -2.56. The highest BCUT2D eigenvalue weighted by atomic mass is 16.5. The molecule has 0 fully saturated rings. The molecule has 194 valence electrons. The first kappa shape index (κ1) is 26.5. The number of nitrogens with one attached hydrogen (secondary N) is 1. The summed E-state index contributed by atoms with van der Waals surface area (Å²) < 4.78 is 5.66. The van der Waals surface area contributed by atoms with E-state index in [0.717, 1.165) is 51.1 Å². The van der Waals surface area contributed by atoms with Crippen LogP contribution >= 0.6 is 0 Å². The van der Waals surface area contributed by atoms with Crippen molar-refractivity contribution in [1.29, 1.82) is 0 Å². The van der Waals surface area contributed by atoms with E-state index < -0.39 is 0 Å². The van der Waals surface area contributed by atoms with Crippen LogP contribution in [0.2, 0.25) is 0 Å². The van der Waals surface area contributed by atoms with Crippen molar-refractivity contribution in [3.05, 3.63) is 88.7 Å². The Kier molecular flexibility index (Phi) is 8.58. The van der Waals surface area contributed by atoms with E-state index in [-0.39, 0.29) is 5.54 Å². The van der Waals surface area contributed by atoms with Gasteiger partial charge in [-0.15, -0.1) is 0 Å². The molecule has 2 aromatic rings. The third-order valence-electron chi connectivity index (χ3n) is 7.75. The summed E-state index contributed by atoms with van der Waals surface area (Å²) >= 11 is 0. The van der Waals surface area contributed by atoms with Crippen LogP contribution in [0.3, 0.4) is 0 Å². The maximum Gasteiger partial charge on any atom is 0.116 e. The normalized spacial score (nSPS) is 21.8. The van der Waals surface area contributed by atoms with Crippen molar-refractivity contribution < 1.29 is 9.84 Å². The van der Waals surface area contributed by atoms with E-state index in [9.17, 15) is 5.11 Å². The average molecular weight is 489 g/mol. The zero-order chi connectivity index (χ0) is 25.7. The SMILES string of the molecule is CCN(Cc1ccc(CCNC(C)(C)C)cc1)C1C=C(OC)C=CC1[C@@H]1CCc2cc(O)ccc2C1. The van der Waals surface area contributed by atoms with Gasteiger partial charge in [-0.3, -0.25) is 4.90 Å². The van der Waals surface area contributed by atoms with Gasteiger partial charge in [0, 0.05) is 18.1 Å². The second-order valence-corrected chi connectivity index (χ2v) is 11.5. The highest BCUT2D eigenvalue weighted by molar-refractivity contribution is 5.37. The van der Waals surface area contributed by atoms with Crippen LogP contribution in [0.5, 0.6) is 5.75 Å². The third-order valence-corrected chi connectivity index (χ3v) is 7.75. The van der Waals surface area contributed by atoms with Gasteiger partial charge in [0.15, 0.2) is 0 Å². The Morgan fingerprint density at radius 1 is 1.06 bits per heavy atom. The minimum Gasteiger partial charge on any atom is -0.508 e. The maximum absolute atomic E-state index is 9.90. The minimum atomic E-state index is 0.156. The van der Waals surface area contributed by atoms with Crippen molar-refractivity contribution in [3.63, 3.8) is 0 Å². The number of phenols is 1. The van der Waals surface area contributed by atoms with Crippen LogP contribution in [0.1, 0.15) is 56.4 Å². The van der Waals surface area contributed by atoms with Crippen LogP contribution in [0, 0.1) is 11.8 Å². The molecule has 4 nitrogen and oxygen atoms in total. The first-order chi connectivity index (χ1) is 17.3. The molecule has 0 amide bonds. The number of ether oxygens (including phenoxy) is 1. The van der Waals surface area contributed by atoms with Gasteiger partial charge in [-0.05, 0) is 118 Å². The summed E-state index contributed by atoms with van der Waals surface area (Å²) in [5.41, 5.74) is 5.58. The summed E-state index contributed by atoms with van der Waals surface area (Å²) in [7, 11) is 1.76. The highest BCUT2D eigenvalue weighted by Crippen LogP contribution is 2.38. The number of allylic oxidation sites excluding steroid dienone is 1. The molecule has 36 heavy (non-hydrogen) atoms. The predicted octanol–water partition coefficient (Wildman–Crippen LogP) is 6.03. The Balaban J connectivity index is 1.46. The summed E-state index contributed by atoms with van der Waals surface area (Å²) in [5, 5.41) is 13.5. The molecule has 0 aromatic heterocycles. The molecule has 2 N–H and O–H groups in total. The van der Waals surface area contributed by atoms with E-state index in [0.29, 0.717) is 23.6 Å². The molecule has 2 aliphatic rings.